The lowest BCUT2D eigenvalue weighted by molar-refractivity contribution is -0.318. The fourth-order valence-electron chi connectivity index (χ4n) is 10.3. The molecule has 0 unspecified atom stereocenters. The van der Waals surface area contributed by atoms with Gasteiger partial charge in [-0.25, -0.2) is 4.79 Å². The molecule has 18 heteroatoms. The Kier molecular flexibility index (Phi) is 20.6. The number of cyclic esters (lactones) is 1. The van der Waals surface area contributed by atoms with Crippen molar-refractivity contribution in [2.75, 3.05) is 52.4 Å². The molecule has 66 heavy (non-hydrogen) atoms. The molecule has 0 aliphatic carbocycles. The number of aliphatic hydroxyl groups excluding tert-OH is 3. The van der Waals surface area contributed by atoms with Crippen molar-refractivity contribution in [1.82, 2.24) is 15.1 Å². The standard InChI is InChI=1S/C48H84N4O13S/c1-15-36-48(10,59)40(54)31(6)52(21-17-20-49-45(57)50-33-18-16-19-34(23-33)66-14)26-27(2)24-46(8,58)42(65-44-38(53)35(51(11)12)22-28(3)61-44)29(4)39(30(5)43(56)63-36)64-37-25-47(9,60-13)41(55)32(7)62-37/h16,18-19,23,27-32,35-42,44,53-55,58-59H,15,17,20-22,24-26H2,1-14H3,(H2,49,50,57)/t27-,28-,29+,30-,31-,32+,35+,36-,37+,38-,39+,40-,41+,42-,44+,46-,47-,48-/m1/s1. The van der Waals surface area contributed by atoms with E-state index in [2.05, 4.69) is 10.6 Å². The van der Waals surface area contributed by atoms with Crippen LogP contribution in [-0.4, -0.2) is 185 Å². The molecule has 2 amide bonds. The number of likely N-dealkylation sites (N-methyl/N-ethyl adjacent to an activating group) is 1. The van der Waals surface area contributed by atoms with Crippen LogP contribution in [0.15, 0.2) is 29.2 Å². The van der Waals surface area contributed by atoms with Crippen LogP contribution in [0.1, 0.15) is 101 Å². The number of carbonyl (C=O) groups excluding carboxylic acids is 2. The minimum Gasteiger partial charge on any atom is -0.459 e. The summed E-state index contributed by atoms with van der Waals surface area (Å²) in [6, 6.07) is 6.19. The number of thioether (sulfide) groups is 1. The van der Waals surface area contributed by atoms with E-state index >= 15 is 0 Å². The van der Waals surface area contributed by atoms with E-state index in [0.717, 1.165) is 4.90 Å². The van der Waals surface area contributed by atoms with Gasteiger partial charge in [0.05, 0.1) is 41.5 Å². The van der Waals surface area contributed by atoms with E-state index in [0.29, 0.717) is 38.2 Å². The molecular formula is C48H84N4O13S. The van der Waals surface area contributed by atoms with Crippen molar-refractivity contribution < 1.29 is 63.5 Å². The van der Waals surface area contributed by atoms with E-state index in [1.807, 2.05) is 75.2 Å². The molecule has 0 aromatic heterocycles. The normalized spacial score (nSPS) is 41.4. The van der Waals surface area contributed by atoms with Crippen LogP contribution in [-0.2, 0) is 33.2 Å². The Hall–Kier alpha value is -2.17. The minimum absolute atomic E-state index is 0.101. The van der Waals surface area contributed by atoms with Crippen LogP contribution >= 0.6 is 11.8 Å². The lowest BCUT2D eigenvalue weighted by Crippen LogP contribution is -2.60. The largest absolute Gasteiger partial charge is 0.459 e. The molecule has 0 radical (unpaired) electrons. The molecule has 3 saturated heterocycles. The summed E-state index contributed by atoms with van der Waals surface area (Å²) < 4.78 is 38.0. The molecule has 0 bridgehead atoms. The Labute approximate surface area is 397 Å². The number of anilines is 1. The molecule has 0 spiro atoms. The Morgan fingerprint density at radius 3 is 2.30 bits per heavy atom. The molecule has 3 heterocycles. The molecule has 17 nitrogen and oxygen atoms in total. The van der Waals surface area contributed by atoms with Crippen molar-refractivity contribution in [3.63, 3.8) is 0 Å². The summed E-state index contributed by atoms with van der Waals surface area (Å²) in [5, 5.41) is 65.7. The number of carbonyl (C=O) groups is 2. The summed E-state index contributed by atoms with van der Waals surface area (Å²) in [5.41, 5.74) is -3.96. The van der Waals surface area contributed by atoms with Gasteiger partial charge in [-0.3, -0.25) is 9.69 Å². The molecule has 0 saturated carbocycles. The number of nitrogens with one attached hydrogen (secondary N) is 2. The van der Waals surface area contributed by atoms with Gasteiger partial charge in [0.25, 0.3) is 0 Å². The fraction of sp³-hybridized carbons (Fsp3) is 0.833. The molecule has 1 aromatic carbocycles. The lowest BCUT2D eigenvalue weighted by Gasteiger charge is -2.48. The first-order chi connectivity index (χ1) is 30.8. The summed E-state index contributed by atoms with van der Waals surface area (Å²) in [4.78, 5) is 32.4. The lowest BCUT2D eigenvalue weighted by atomic mass is 9.77. The summed E-state index contributed by atoms with van der Waals surface area (Å²) in [6.45, 7) is 18.5. The van der Waals surface area contributed by atoms with Crippen molar-refractivity contribution in [2.24, 2.45) is 17.8 Å². The Bertz CT molecular complexity index is 1690. The number of hydrogen-bond donors (Lipinski definition) is 7. The van der Waals surface area contributed by atoms with Gasteiger partial charge in [0, 0.05) is 61.7 Å². The first kappa shape index (κ1) is 56.4. The van der Waals surface area contributed by atoms with Gasteiger partial charge in [-0.1, -0.05) is 26.8 Å². The summed E-state index contributed by atoms with van der Waals surface area (Å²) in [5.74, 6) is -2.87. The molecular weight excluding hydrogens is 873 g/mol. The Morgan fingerprint density at radius 1 is 1.00 bits per heavy atom. The third-order valence-electron chi connectivity index (χ3n) is 14.3. The van der Waals surface area contributed by atoms with Crippen molar-refractivity contribution in [3.8, 4) is 0 Å². The molecule has 1 aromatic rings. The van der Waals surface area contributed by atoms with E-state index in [4.69, 9.17) is 28.4 Å². The molecule has 18 atom stereocenters. The number of methoxy groups -OCH3 is 1. The first-order valence-corrected chi connectivity index (χ1v) is 25.0. The zero-order valence-electron chi connectivity index (χ0n) is 41.9. The van der Waals surface area contributed by atoms with Gasteiger partial charge in [0.1, 0.15) is 30.0 Å². The van der Waals surface area contributed by atoms with E-state index in [-0.39, 0.29) is 43.4 Å². The average Bonchev–Trinajstić information content (AvgIpc) is 3.25. The molecule has 3 aliphatic heterocycles. The molecule has 7 N–H and O–H groups in total. The van der Waals surface area contributed by atoms with Crippen LogP contribution in [0.4, 0.5) is 10.5 Å². The maximum atomic E-state index is 14.5. The summed E-state index contributed by atoms with van der Waals surface area (Å²) in [7, 11) is 5.26. The number of benzene rings is 1. The van der Waals surface area contributed by atoms with Crippen molar-refractivity contribution >= 4 is 29.4 Å². The van der Waals surface area contributed by atoms with E-state index in [1.54, 1.807) is 53.3 Å². The highest BCUT2D eigenvalue weighted by atomic mass is 32.2. The summed E-state index contributed by atoms with van der Waals surface area (Å²) >= 11 is 1.58. The number of amides is 2. The minimum atomic E-state index is -1.92. The second-order valence-corrected chi connectivity index (χ2v) is 21.1. The van der Waals surface area contributed by atoms with E-state index in [9.17, 15) is 35.1 Å². The van der Waals surface area contributed by atoms with Crippen molar-refractivity contribution in [1.29, 1.82) is 0 Å². The van der Waals surface area contributed by atoms with Gasteiger partial charge >= 0.3 is 12.0 Å². The van der Waals surface area contributed by atoms with E-state index in [1.165, 1.54) is 14.0 Å². The number of nitrogens with zero attached hydrogens (tertiary/aromatic N) is 2. The zero-order chi connectivity index (χ0) is 49.5. The van der Waals surface area contributed by atoms with Crippen LogP contribution in [0.2, 0.25) is 0 Å². The van der Waals surface area contributed by atoms with Crippen LogP contribution in [0.3, 0.4) is 0 Å². The van der Waals surface area contributed by atoms with Gasteiger partial charge in [0.15, 0.2) is 12.6 Å². The Morgan fingerprint density at radius 2 is 1.68 bits per heavy atom. The van der Waals surface area contributed by atoms with Gasteiger partial charge in [-0.05, 0) is 119 Å². The highest BCUT2D eigenvalue weighted by molar-refractivity contribution is 7.98. The monoisotopic (exact) mass is 957 g/mol. The number of rotatable bonds is 13. The van der Waals surface area contributed by atoms with Crippen LogP contribution in [0, 0.1) is 17.8 Å². The molecule has 3 fully saturated rings. The zero-order valence-corrected chi connectivity index (χ0v) is 42.7. The average molecular weight is 957 g/mol. The maximum Gasteiger partial charge on any atom is 0.319 e. The van der Waals surface area contributed by atoms with Gasteiger partial charge in [0.2, 0.25) is 0 Å². The van der Waals surface area contributed by atoms with Crippen LogP contribution in [0.25, 0.3) is 0 Å². The number of aliphatic hydroxyl groups is 5. The van der Waals surface area contributed by atoms with Gasteiger partial charge in [-0.2, -0.15) is 0 Å². The first-order valence-electron chi connectivity index (χ1n) is 23.8. The topological polar surface area (TPSA) is 221 Å². The van der Waals surface area contributed by atoms with Crippen LogP contribution < -0.4 is 10.6 Å². The predicted octanol–water partition coefficient (Wildman–Crippen LogP) is 4.20. The van der Waals surface area contributed by atoms with Gasteiger partial charge in [-0.15, -0.1) is 11.8 Å². The Balaban J connectivity index is 1.73. The molecule has 380 valence electrons. The third kappa shape index (κ3) is 14.0. The van der Waals surface area contributed by atoms with Crippen LogP contribution in [0.5, 0.6) is 0 Å². The number of esters is 1. The van der Waals surface area contributed by atoms with Crippen molar-refractivity contribution in [2.45, 2.75) is 197 Å². The molecule has 3 aliphatic rings. The van der Waals surface area contributed by atoms with Gasteiger partial charge < -0.3 is 69.5 Å². The predicted molar refractivity (Wildman–Crippen MR) is 253 cm³/mol. The summed E-state index contributed by atoms with van der Waals surface area (Å²) in [6.07, 6.45) is -6.56. The molecule has 4 rings (SSSR count). The third-order valence-corrected chi connectivity index (χ3v) is 15.0. The maximum absolute atomic E-state index is 14.5. The highest BCUT2D eigenvalue weighted by Gasteiger charge is 2.53. The number of hydrogen-bond acceptors (Lipinski definition) is 16. The number of urea groups is 1. The second kappa shape index (κ2) is 24.1. The number of ether oxygens (including phenoxy) is 6. The highest BCUT2D eigenvalue weighted by Crippen LogP contribution is 2.40. The van der Waals surface area contributed by atoms with E-state index < -0.39 is 96.0 Å². The quantitative estimate of drug-likeness (QED) is 0.0837. The van der Waals surface area contributed by atoms with Crippen molar-refractivity contribution in [3.05, 3.63) is 24.3 Å². The smallest absolute Gasteiger partial charge is 0.319 e. The second-order valence-electron chi connectivity index (χ2n) is 20.2. The fourth-order valence-corrected chi connectivity index (χ4v) is 10.7. The SMILES string of the molecule is CC[C@H]1OC(=O)[C@H](C)[C@@H](O[C@H]2C[C@@](C)(OC)[C@@H](O)[C@H](C)O2)[C@H](C)[C@@H](O[C@@H]2O[C@H](C)C[C@H](N(C)C)[C@H]2O)[C@](C)(O)C[C@@H](C)CN(CCCNC(=O)Nc2cccc(SC)c2)[C@H](C)[C@@H](O)[C@]1(C)O.